The Labute approximate surface area is 134 Å². The fourth-order valence-electron chi connectivity index (χ4n) is 1.79. The summed E-state index contributed by atoms with van der Waals surface area (Å²) in [7, 11) is 0. The maximum atomic E-state index is 11.6. The second kappa shape index (κ2) is 7.81. The number of benzene rings is 1. The second-order valence-electron chi connectivity index (χ2n) is 4.61. The molecule has 0 aliphatic rings. The van der Waals surface area contributed by atoms with Crippen LogP contribution in [0.4, 0.5) is 0 Å². The van der Waals surface area contributed by atoms with Gasteiger partial charge in [0.15, 0.2) is 0 Å². The van der Waals surface area contributed by atoms with E-state index >= 15 is 0 Å². The highest BCUT2D eigenvalue weighted by Crippen LogP contribution is 2.11. The van der Waals surface area contributed by atoms with Crippen molar-refractivity contribution in [2.24, 2.45) is 0 Å². The molecule has 0 aliphatic carbocycles. The number of ether oxygens (including phenoxy) is 1. The van der Waals surface area contributed by atoms with Gasteiger partial charge < -0.3 is 20.1 Å². The van der Waals surface area contributed by atoms with Gasteiger partial charge in [-0.1, -0.05) is 28.1 Å². The summed E-state index contributed by atoms with van der Waals surface area (Å²) in [5.41, 5.74) is 0.667. The van der Waals surface area contributed by atoms with Crippen LogP contribution in [0, 0.1) is 0 Å². The second-order valence-corrected chi connectivity index (χ2v) is 5.53. The predicted molar refractivity (Wildman–Crippen MR) is 83.6 cm³/mol. The van der Waals surface area contributed by atoms with Crippen molar-refractivity contribution >= 4 is 21.8 Å². The lowest BCUT2D eigenvalue weighted by atomic mass is 10.2. The number of amides is 1. The molecule has 0 bridgehead atoms. The molecule has 0 aliphatic heterocycles. The monoisotopic (exact) mass is 369 g/mol. The number of rotatable bonds is 7. The quantitative estimate of drug-likeness (QED) is 0.547. The Bertz CT molecular complexity index is 678. The first-order valence-electron chi connectivity index (χ1n) is 6.63. The van der Waals surface area contributed by atoms with E-state index in [1.165, 1.54) is 0 Å². The van der Waals surface area contributed by atoms with Gasteiger partial charge in [-0.05, 0) is 17.7 Å². The van der Waals surface area contributed by atoms with Gasteiger partial charge in [0.05, 0.1) is 25.3 Å². The normalized spacial score (nSPS) is 10.6. The molecule has 1 amide bonds. The first-order chi connectivity index (χ1) is 10.5. The molecular weight excluding hydrogens is 354 g/mol. The van der Waals surface area contributed by atoms with Crippen LogP contribution in [-0.2, 0) is 22.6 Å². The van der Waals surface area contributed by atoms with E-state index in [2.05, 4.69) is 31.2 Å². The molecule has 1 heterocycles. The van der Waals surface area contributed by atoms with Crippen LogP contribution in [0.1, 0.15) is 11.3 Å². The van der Waals surface area contributed by atoms with Crippen molar-refractivity contribution in [3.8, 4) is 5.88 Å². The van der Waals surface area contributed by atoms with Crippen LogP contribution in [0.2, 0.25) is 0 Å². The number of aromatic hydroxyl groups is 1. The van der Waals surface area contributed by atoms with Crippen LogP contribution in [0.3, 0.4) is 0 Å². The summed E-state index contributed by atoms with van der Waals surface area (Å²) in [6, 6.07) is 7.77. The predicted octanol–water partition coefficient (Wildman–Crippen LogP) is 1.05. The molecule has 7 nitrogen and oxygen atoms in total. The Morgan fingerprint density at radius 3 is 2.64 bits per heavy atom. The summed E-state index contributed by atoms with van der Waals surface area (Å²) >= 11 is 3.36. The van der Waals surface area contributed by atoms with Crippen LogP contribution in [0.25, 0.3) is 0 Å². The largest absolute Gasteiger partial charge is 0.493 e. The van der Waals surface area contributed by atoms with Gasteiger partial charge in [-0.2, -0.15) is 0 Å². The first-order valence-corrected chi connectivity index (χ1v) is 7.43. The third-order valence-corrected chi connectivity index (χ3v) is 3.40. The molecule has 2 aromatic rings. The smallest absolute Gasteiger partial charge is 0.325 e. The van der Waals surface area contributed by atoms with Crippen molar-refractivity contribution < 1.29 is 14.6 Å². The molecule has 2 rings (SSSR count). The molecule has 0 saturated carbocycles. The van der Waals surface area contributed by atoms with Crippen molar-refractivity contribution in [3.63, 3.8) is 0 Å². The SMILES string of the molecule is O=C(Cc1[nH]c(=O)[nH]c1O)NCCOCc1ccc(Br)cc1. The highest BCUT2D eigenvalue weighted by atomic mass is 79.9. The van der Waals surface area contributed by atoms with Gasteiger partial charge in [0.1, 0.15) is 0 Å². The standard InChI is InChI=1S/C14H16BrN3O4/c15-10-3-1-9(2-4-10)8-22-6-5-16-12(19)7-11-13(20)18-14(21)17-11/h1-4,20H,5-8H2,(H,16,19)(H2,17,18,21). The topological polar surface area (TPSA) is 107 Å². The molecule has 118 valence electrons. The van der Waals surface area contributed by atoms with Gasteiger partial charge >= 0.3 is 5.69 Å². The summed E-state index contributed by atoms with van der Waals surface area (Å²) in [5.74, 6) is -0.621. The Morgan fingerprint density at radius 2 is 2.00 bits per heavy atom. The van der Waals surface area contributed by atoms with Crippen molar-refractivity contribution in [3.05, 3.63) is 50.5 Å². The van der Waals surface area contributed by atoms with Crippen LogP contribution < -0.4 is 11.0 Å². The first kappa shape index (κ1) is 16.3. The molecule has 8 heteroatoms. The Hall–Kier alpha value is -2.06. The van der Waals surface area contributed by atoms with E-state index in [0.717, 1.165) is 10.0 Å². The van der Waals surface area contributed by atoms with Crippen molar-refractivity contribution in [1.29, 1.82) is 0 Å². The van der Waals surface area contributed by atoms with E-state index in [4.69, 9.17) is 4.74 Å². The van der Waals surface area contributed by atoms with E-state index in [1.54, 1.807) is 0 Å². The third kappa shape index (κ3) is 5.05. The summed E-state index contributed by atoms with van der Waals surface area (Å²) in [4.78, 5) is 27.0. The Balaban J connectivity index is 1.64. The van der Waals surface area contributed by atoms with Crippen LogP contribution in [-0.4, -0.2) is 34.1 Å². The average Bonchev–Trinajstić information content (AvgIpc) is 2.78. The fraction of sp³-hybridized carbons (Fsp3) is 0.286. The zero-order valence-electron chi connectivity index (χ0n) is 11.7. The maximum absolute atomic E-state index is 11.6. The molecule has 0 atom stereocenters. The van der Waals surface area contributed by atoms with Crippen LogP contribution in [0.15, 0.2) is 33.5 Å². The van der Waals surface area contributed by atoms with Gasteiger partial charge in [0, 0.05) is 11.0 Å². The van der Waals surface area contributed by atoms with Crippen LogP contribution in [0.5, 0.6) is 5.88 Å². The number of H-pyrrole nitrogens is 2. The molecule has 0 fully saturated rings. The van der Waals surface area contributed by atoms with Crippen molar-refractivity contribution in [2.45, 2.75) is 13.0 Å². The lowest BCUT2D eigenvalue weighted by Gasteiger charge is -2.06. The molecule has 0 radical (unpaired) electrons. The van der Waals surface area contributed by atoms with E-state index in [0.29, 0.717) is 19.8 Å². The van der Waals surface area contributed by atoms with Crippen molar-refractivity contribution in [2.75, 3.05) is 13.2 Å². The Morgan fingerprint density at radius 1 is 1.27 bits per heavy atom. The number of aromatic nitrogens is 2. The highest BCUT2D eigenvalue weighted by Gasteiger charge is 2.10. The minimum atomic E-state index is -0.543. The number of halogens is 1. The molecule has 0 unspecified atom stereocenters. The van der Waals surface area contributed by atoms with Gasteiger partial charge in [-0.15, -0.1) is 0 Å². The number of imidazole rings is 1. The third-order valence-electron chi connectivity index (χ3n) is 2.87. The molecule has 1 aromatic carbocycles. The zero-order valence-corrected chi connectivity index (χ0v) is 13.3. The van der Waals surface area contributed by atoms with E-state index in [1.807, 2.05) is 24.3 Å². The molecule has 4 N–H and O–H groups in total. The Kier molecular flexibility index (Phi) is 5.79. The number of hydrogen-bond donors (Lipinski definition) is 4. The molecular formula is C14H16BrN3O4. The van der Waals surface area contributed by atoms with Gasteiger partial charge in [-0.3, -0.25) is 9.78 Å². The average molecular weight is 370 g/mol. The summed E-state index contributed by atoms with van der Waals surface area (Å²) in [6.45, 7) is 1.19. The number of hydrogen-bond acceptors (Lipinski definition) is 4. The number of carbonyl (C=O) groups is 1. The highest BCUT2D eigenvalue weighted by molar-refractivity contribution is 9.10. The summed E-state index contributed by atoms with van der Waals surface area (Å²) < 4.78 is 6.45. The summed E-state index contributed by atoms with van der Waals surface area (Å²) in [5, 5.41) is 12.0. The minimum Gasteiger partial charge on any atom is -0.493 e. The van der Waals surface area contributed by atoms with E-state index in [9.17, 15) is 14.7 Å². The summed E-state index contributed by atoms with van der Waals surface area (Å²) in [6.07, 6.45) is -0.0999. The van der Waals surface area contributed by atoms with Crippen LogP contribution >= 0.6 is 15.9 Å². The molecule has 22 heavy (non-hydrogen) atoms. The lowest BCUT2D eigenvalue weighted by Crippen LogP contribution is -2.28. The molecule has 1 aromatic heterocycles. The minimum absolute atomic E-state index is 0.0999. The maximum Gasteiger partial charge on any atom is 0.325 e. The van der Waals surface area contributed by atoms with Gasteiger partial charge in [-0.25, -0.2) is 4.79 Å². The van der Waals surface area contributed by atoms with E-state index < -0.39 is 5.69 Å². The van der Waals surface area contributed by atoms with Crippen molar-refractivity contribution in [1.82, 2.24) is 15.3 Å². The lowest BCUT2D eigenvalue weighted by molar-refractivity contribution is -0.120. The number of carbonyl (C=O) groups excluding carboxylic acids is 1. The molecule has 0 spiro atoms. The number of nitrogens with one attached hydrogen (secondary N) is 3. The van der Waals surface area contributed by atoms with Gasteiger partial charge in [0.2, 0.25) is 11.8 Å². The molecule has 0 saturated heterocycles. The number of aromatic amines is 2. The van der Waals surface area contributed by atoms with E-state index in [-0.39, 0.29) is 23.9 Å². The zero-order chi connectivity index (χ0) is 15.9. The fourth-order valence-corrected chi connectivity index (χ4v) is 2.06. The van der Waals surface area contributed by atoms with Gasteiger partial charge in [0.25, 0.3) is 0 Å².